The maximum Gasteiger partial charge on any atom is 0.416 e. The number of amides is 1. The minimum absolute atomic E-state index is 0.163. The van der Waals surface area contributed by atoms with Gasteiger partial charge in [0.1, 0.15) is 5.82 Å². The molecule has 0 atom stereocenters. The zero-order chi connectivity index (χ0) is 21.1. The highest BCUT2D eigenvalue weighted by atomic mass is 32.1. The van der Waals surface area contributed by atoms with Gasteiger partial charge in [-0.15, -0.1) is 11.3 Å². The van der Waals surface area contributed by atoms with E-state index in [9.17, 15) is 18.0 Å². The molecule has 10 heteroatoms. The lowest BCUT2D eigenvalue weighted by Crippen LogP contribution is -2.38. The van der Waals surface area contributed by atoms with Gasteiger partial charge < -0.3 is 15.0 Å². The first-order valence-corrected chi connectivity index (χ1v) is 10.5. The van der Waals surface area contributed by atoms with Gasteiger partial charge in [-0.05, 0) is 43.3 Å². The Labute approximate surface area is 175 Å². The summed E-state index contributed by atoms with van der Waals surface area (Å²) in [5.41, 5.74) is 0.0132. The first-order chi connectivity index (χ1) is 14.4. The number of thiophene rings is 1. The Bertz CT molecular complexity index is 1020. The number of aromatic nitrogens is 2. The summed E-state index contributed by atoms with van der Waals surface area (Å²) < 4.78 is 44.0. The van der Waals surface area contributed by atoms with E-state index in [-0.39, 0.29) is 11.4 Å². The number of hydrogen-bond donors (Lipinski definition) is 2. The number of hydrogen-bond acceptors (Lipinski definition) is 5. The van der Waals surface area contributed by atoms with Gasteiger partial charge in [0, 0.05) is 19.6 Å². The van der Waals surface area contributed by atoms with Gasteiger partial charge in [-0.2, -0.15) is 13.2 Å². The average Bonchev–Trinajstić information content (AvgIpc) is 3.37. The van der Waals surface area contributed by atoms with Gasteiger partial charge in [0.15, 0.2) is 0 Å². The molecule has 1 aliphatic rings. The van der Waals surface area contributed by atoms with Crippen molar-refractivity contribution < 1.29 is 22.7 Å². The van der Waals surface area contributed by atoms with Crippen LogP contribution in [0.5, 0.6) is 0 Å². The maximum atomic E-state index is 12.9. The van der Waals surface area contributed by atoms with Crippen molar-refractivity contribution in [1.29, 1.82) is 0 Å². The van der Waals surface area contributed by atoms with Crippen LogP contribution in [0.1, 0.15) is 21.7 Å². The predicted octanol–water partition coefficient (Wildman–Crippen LogP) is 3.76. The number of aromatic amines is 1. The van der Waals surface area contributed by atoms with Crippen molar-refractivity contribution in [3.8, 4) is 10.7 Å². The molecule has 30 heavy (non-hydrogen) atoms. The number of nitrogens with zero attached hydrogens (tertiary/aromatic N) is 2. The minimum Gasteiger partial charge on any atom is -0.379 e. The van der Waals surface area contributed by atoms with Crippen LogP contribution in [0.25, 0.3) is 21.7 Å². The number of imidazole rings is 1. The van der Waals surface area contributed by atoms with E-state index in [0.717, 1.165) is 51.4 Å². The molecule has 1 saturated heterocycles. The summed E-state index contributed by atoms with van der Waals surface area (Å²) in [7, 11) is 0. The van der Waals surface area contributed by atoms with E-state index < -0.39 is 11.7 Å². The number of carbonyl (C=O) groups excluding carboxylic acids is 1. The fraction of sp³-hybridized carbons (Fsp3) is 0.400. The topological polar surface area (TPSA) is 70.2 Å². The van der Waals surface area contributed by atoms with Crippen molar-refractivity contribution in [1.82, 2.24) is 20.2 Å². The van der Waals surface area contributed by atoms with Gasteiger partial charge in [-0.3, -0.25) is 9.69 Å². The zero-order valence-electron chi connectivity index (χ0n) is 16.1. The molecule has 3 heterocycles. The first-order valence-electron chi connectivity index (χ1n) is 9.65. The number of H-pyrrole nitrogens is 1. The number of benzene rings is 1. The molecule has 0 radical (unpaired) electrons. The number of carbonyl (C=O) groups is 1. The molecular formula is C20H21F3N4O2S. The molecule has 2 N–H and O–H groups in total. The highest BCUT2D eigenvalue weighted by Crippen LogP contribution is 2.33. The summed E-state index contributed by atoms with van der Waals surface area (Å²) >= 11 is 1.25. The molecule has 4 rings (SSSR count). The van der Waals surface area contributed by atoms with Gasteiger partial charge in [0.2, 0.25) is 0 Å². The maximum absolute atomic E-state index is 12.9. The second kappa shape index (κ2) is 8.75. The monoisotopic (exact) mass is 438 g/mol. The van der Waals surface area contributed by atoms with E-state index in [2.05, 4.69) is 20.2 Å². The molecule has 1 aliphatic heterocycles. The minimum atomic E-state index is -4.41. The fourth-order valence-electron chi connectivity index (χ4n) is 3.30. The number of halogens is 3. The van der Waals surface area contributed by atoms with E-state index in [4.69, 9.17) is 4.74 Å². The Morgan fingerprint density at radius 2 is 2.03 bits per heavy atom. The van der Waals surface area contributed by atoms with E-state index in [0.29, 0.717) is 27.6 Å². The normalized spacial score (nSPS) is 15.6. The molecule has 2 aromatic heterocycles. The van der Waals surface area contributed by atoms with E-state index >= 15 is 0 Å². The van der Waals surface area contributed by atoms with Crippen LogP contribution in [-0.4, -0.2) is 60.2 Å². The van der Waals surface area contributed by atoms with E-state index in [1.807, 2.05) is 0 Å². The second-order valence-electron chi connectivity index (χ2n) is 7.04. The van der Waals surface area contributed by atoms with Gasteiger partial charge >= 0.3 is 6.18 Å². The highest BCUT2D eigenvalue weighted by molar-refractivity contribution is 7.17. The van der Waals surface area contributed by atoms with Crippen LogP contribution in [0.4, 0.5) is 13.2 Å². The Balaban J connectivity index is 1.36. The largest absolute Gasteiger partial charge is 0.416 e. The average molecular weight is 438 g/mol. The Kier molecular flexibility index (Phi) is 6.07. The van der Waals surface area contributed by atoms with Crippen LogP contribution in [-0.2, 0) is 10.9 Å². The van der Waals surface area contributed by atoms with Crippen LogP contribution in [0.3, 0.4) is 0 Å². The zero-order valence-corrected chi connectivity index (χ0v) is 16.9. The number of nitrogens with one attached hydrogen (secondary N) is 2. The van der Waals surface area contributed by atoms with Crippen molar-refractivity contribution in [2.45, 2.75) is 12.6 Å². The third kappa shape index (κ3) is 4.82. The quantitative estimate of drug-likeness (QED) is 0.575. The third-order valence-electron chi connectivity index (χ3n) is 4.91. The highest BCUT2D eigenvalue weighted by Gasteiger charge is 2.30. The number of morpholine rings is 1. The second-order valence-corrected chi connectivity index (χ2v) is 8.13. The Morgan fingerprint density at radius 1 is 1.23 bits per heavy atom. The fourth-order valence-corrected chi connectivity index (χ4v) is 4.17. The Hall–Kier alpha value is -2.43. The molecule has 0 bridgehead atoms. The number of ether oxygens (including phenoxy) is 1. The lowest BCUT2D eigenvalue weighted by molar-refractivity contribution is -0.137. The number of rotatable bonds is 6. The number of alkyl halides is 3. The number of fused-ring (bicyclic) bond motifs is 1. The summed E-state index contributed by atoms with van der Waals surface area (Å²) in [6, 6.07) is 6.85. The van der Waals surface area contributed by atoms with Crippen LogP contribution < -0.4 is 5.32 Å². The molecule has 0 spiro atoms. The SMILES string of the molecule is O=C(NCCCN1CCOCC1)c1ccc(-c2nc3cc(C(F)(F)F)ccc3[nH]2)s1. The lowest BCUT2D eigenvalue weighted by atomic mass is 10.2. The summed E-state index contributed by atoms with van der Waals surface area (Å²) in [6.07, 6.45) is -3.56. The van der Waals surface area contributed by atoms with Crippen molar-refractivity contribution in [2.24, 2.45) is 0 Å². The Morgan fingerprint density at radius 3 is 2.80 bits per heavy atom. The molecule has 1 fully saturated rings. The molecule has 0 saturated carbocycles. The van der Waals surface area contributed by atoms with Gasteiger partial charge in [0.25, 0.3) is 5.91 Å². The molecule has 6 nitrogen and oxygen atoms in total. The summed E-state index contributed by atoms with van der Waals surface area (Å²) in [4.78, 5) is 23.2. The predicted molar refractivity (Wildman–Crippen MR) is 109 cm³/mol. The van der Waals surface area contributed by atoms with Crippen LogP contribution in [0.15, 0.2) is 30.3 Å². The van der Waals surface area contributed by atoms with Crippen molar-refractivity contribution >= 4 is 28.3 Å². The van der Waals surface area contributed by atoms with Gasteiger partial charge in [0.05, 0.1) is 39.6 Å². The summed E-state index contributed by atoms with van der Waals surface area (Å²) in [5, 5.41) is 2.91. The summed E-state index contributed by atoms with van der Waals surface area (Å²) in [6.45, 7) is 4.84. The molecule has 0 unspecified atom stereocenters. The van der Waals surface area contributed by atoms with Crippen LogP contribution in [0.2, 0.25) is 0 Å². The van der Waals surface area contributed by atoms with E-state index in [1.54, 1.807) is 12.1 Å². The first kappa shape index (κ1) is 20.8. The van der Waals surface area contributed by atoms with E-state index in [1.165, 1.54) is 17.4 Å². The van der Waals surface area contributed by atoms with Crippen molar-refractivity contribution in [3.05, 3.63) is 40.8 Å². The molecule has 1 amide bonds. The molecule has 1 aromatic carbocycles. The molecular weight excluding hydrogens is 417 g/mol. The summed E-state index contributed by atoms with van der Waals surface area (Å²) in [5.74, 6) is 0.282. The smallest absolute Gasteiger partial charge is 0.379 e. The molecule has 160 valence electrons. The van der Waals surface area contributed by atoms with Gasteiger partial charge in [-0.1, -0.05) is 0 Å². The standard InChI is InChI=1S/C20H21F3N4O2S/c21-20(22,23)13-2-3-14-15(12-13)26-18(25-14)16-4-5-17(30-16)19(28)24-6-1-7-27-8-10-29-11-9-27/h2-5,12H,1,6-11H2,(H,24,28)(H,25,26). The van der Waals surface area contributed by atoms with Crippen LogP contribution in [0, 0.1) is 0 Å². The van der Waals surface area contributed by atoms with Crippen LogP contribution >= 0.6 is 11.3 Å². The van der Waals surface area contributed by atoms with Crippen molar-refractivity contribution in [3.63, 3.8) is 0 Å². The third-order valence-corrected chi connectivity index (χ3v) is 6.00. The van der Waals surface area contributed by atoms with Crippen molar-refractivity contribution in [2.75, 3.05) is 39.4 Å². The molecule has 0 aliphatic carbocycles. The molecule has 3 aromatic rings. The lowest BCUT2D eigenvalue weighted by Gasteiger charge is -2.26. The van der Waals surface area contributed by atoms with Gasteiger partial charge in [-0.25, -0.2) is 4.98 Å².